The lowest BCUT2D eigenvalue weighted by molar-refractivity contribution is 0.0615. The van der Waals surface area contributed by atoms with Gasteiger partial charge in [0.1, 0.15) is 0 Å². The van der Waals surface area contributed by atoms with Crippen molar-refractivity contribution < 1.29 is 14.6 Å². The number of rotatable bonds is 10. The smallest absolute Gasteiger partial charge is 0.323 e. The number of anilines is 2. The Balaban J connectivity index is 2.54. The van der Waals surface area contributed by atoms with Crippen LogP contribution in [0.4, 0.5) is 11.9 Å². The first kappa shape index (κ1) is 16.3. The number of hydrogen-bond donors (Lipinski definition) is 4. The Labute approximate surface area is 117 Å². The first-order valence-corrected chi connectivity index (χ1v) is 6.46. The van der Waals surface area contributed by atoms with E-state index in [9.17, 15) is 5.11 Å². The van der Waals surface area contributed by atoms with Crippen LogP contribution in [-0.4, -0.2) is 53.0 Å². The number of nitrogen functional groups attached to an aromatic ring is 1. The normalized spacial score (nSPS) is 12.0. The molecule has 20 heavy (non-hydrogen) atoms. The molecule has 0 saturated heterocycles. The van der Waals surface area contributed by atoms with E-state index in [1.807, 2.05) is 6.92 Å². The van der Waals surface area contributed by atoms with Crippen molar-refractivity contribution in [1.29, 1.82) is 0 Å². The van der Waals surface area contributed by atoms with Gasteiger partial charge in [0.2, 0.25) is 11.9 Å². The van der Waals surface area contributed by atoms with Gasteiger partial charge in [-0.1, -0.05) is 6.92 Å². The number of aliphatic hydroxyl groups excluding tert-OH is 1. The van der Waals surface area contributed by atoms with Gasteiger partial charge >= 0.3 is 6.01 Å². The third-order valence-electron chi connectivity index (χ3n) is 2.30. The molecule has 9 nitrogen and oxygen atoms in total. The molecule has 1 atom stereocenters. The highest BCUT2D eigenvalue weighted by Gasteiger charge is 2.08. The summed E-state index contributed by atoms with van der Waals surface area (Å²) in [7, 11) is 1.54. The number of aromatic nitrogens is 3. The molecule has 0 bridgehead atoms. The number of nitrogens with one attached hydrogen (secondary N) is 2. The van der Waals surface area contributed by atoms with Crippen molar-refractivity contribution in [2.24, 2.45) is 5.84 Å². The Kier molecular flexibility index (Phi) is 7.55. The monoisotopic (exact) mass is 286 g/mol. The van der Waals surface area contributed by atoms with E-state index in [1.54, 1.807) is 7.11 Å². The molecule has 0 aliphatic heterocycles. The third kappa shape index (κ3) is 5.95. The minimum atomic E-state index is -0.530. The fourth-order valence-electron chi connectivity index (χ4n) is 1.38. The molecule has 0 saturated carbocycles. The standard InChI is InChI=1S/C11H22N6O3/c1-3-6-20-11-15-9(14-10(16-11)17-12)13-5-4-8(18)7-19-2/h8,18H,3-7,12H2,1-2H3,(H2,13,14,15,16,17). The Hall–Kier alpha value is -1.71. The van der Waals surface area contributed by atoms with Crippen LogP contribution >= 0.6 is 0 Å². The summed E-state index contributed by atoms with van der Waals surface area (Å²) in [6.45, 7) is 3.28. The van der Waals surface area contributed by atoms with E-state index < -0.39 is 6.10 Å². The number of aliphatic hydroxyl groups is 1. The highest BCUT2D eigenvalue weighted by molar-refractivity contribution is 5.34. The van der Waals surface area contributed by atoms with Crippen LogP contribution in [0.15, 0.2) is 0 Å². The van der Waals surface area contributed by atoms with Crippen LogP contribution in [0.3, 0.4) is 0 Å². The zero-order valence-electron chi connectivity index (χ0n) is 11.8. The van der Waals surface area contributed by atoms with E-state index in [1.165, 1.54) is 0 Å². The van der Waals surface area contributed by atoms with Crippen molar-refractivity contribution >= 4 is 11.9 Å². The van der Waals surface area contributed by atoms with Crippen LogP contribution in [-0.2, 0) is 4.74 Å². The van der Waals surface area contributed by atoms with Crippen LogP contribution in [0.2, 0.25) is 0 Å². The molecule has 5 N–H and O–H groups in total. The van der Waals surface area contributed by atoms with Crippen molar-refractivity contribution in [3.8, 4) is 6.01 Å². The summed E-state index contributed by atoms with van der Waals surface area (Å²) in [4.78, 5) is 12.1. The van der Waals surface area contributed by atoms with Gasteiger partial charge in [-0.3, -0.25) is 5.43 Å². The predicted molar refractivity (Wildman–Crippen MR) is 74.4 cm³/mol. The molecule has 1 unspecified atom stereocenters. The highest BCUT2D eigenvalue weighted by atomic mass is 16.5. The molecule has 1 rings (SSSR count). The topological polar surface area (TPSA) is 127 Å². The maximum atomic E-state index is 9.52. The maximum Gasteiger partial charge on any atom is 0.323 e. The van der Waals surface area contributed by atoms with E-state index in [0.29, 0.717) is 32.1 Å². The summed E-state index contributed by atoms with van der Waals surface area (Å²) in [5.74, 6) is 5.84. The Morgan fingerprint density at radius 3 is 2.70 bits per heavy atom. The lowest BCUT2D eigenvalue weighted by Crippen LogP contribution is -2.20. The summed E-state index contributed by atoms with van der Waals surface area (Å²) in [5, 5.41) is 12.5. The maximum absolute atomic E-state index is 9.52. The molecule has 1 aromatic rings. The van der Waals surface area contributed by atoms with E-state index in [4.69, 9.17) is 15.3 Å². The molecule has 114 valence electrons. The summed E-state index contributed by atoms with van der Waals surface area (Å²) in [5.41, 5.74) is 2.35. The molecule has 1 heterocycles. The number of nitrogens with two attached hydrogens (primary N) is 1. The fraction of sp³-hybridized carbons (Fsp3) is 0.727. The Morgan fingerprint density at radius 2 is 2.05 bits per heavy atom. The minimum Gasteiger partial charge on any atom is -0.463 e. The van der Waals surface area contributed by atoms with Crippen LogP contribution < -0.4 is 21.3 Å². The molecule has 0 spiro atoms. The second-order valence-electron chi connectivity index (χ2n) is 4.08. The Morgan fingerprint density at radius 1 is 1.30 bits per heavy atom. The van der Waals surface area contributed by atoms with Gasteiger partial charge in [-0.15, -0.1) is 0 Å². The van der Waals surface area contributed by atoms with Gasteiger partial charge in [0.25, 0.3) is 0 Å². The fourth-order valence-corrected chi connectivity index (χ4v) is 1.38. The number of methoxy groups -OCH3 is 1. The van der Waals surface area contributed by atoms with Crippen molar-refractivity contribution in [2.75, 3.05) is 37.6 Å². The van der Waals surface area contributed by atoms with E-state index in [-0.39, 0.29) is 12.0 Å². The first-order chi connectivity index (χ1) is 9.69. The lowest BCUT2D eigenvalue weighted by atomic mass is 10.3. The SMILES string of the molecule is CCCOc1nc(NN)nc(NCCC(O)COC)n1. The van der Waals surface area contributed by atoms with Crippen molar-refractivity contribution in [1.82, 2.24) is 15.0 Å². The molecule has 1 aromatic heterocycles. The van der Waals surface area contributed by atoms with E-state index >= 15 is 0 Å². The van der Waals surface area contributed by atoms with Crippen molar-refractivity contribution in [3.63, 3.8) is 0 Å². The third-order valence-corrected chi connectivity index (χ3v) is 2.30. The van der Waals surface area contributed by atoms with Crippen LogP contribution in [0.25, 0.3) is 0 Å². The number of nitrogens with zero attached hydrogens (tertiary/aromatic N) is 3. The summed E-state index contributed by atoms with van der Waals surface area (Å²) in [6, 6.07) is 0.203. The zero-order valence-corrected chi connectivity index (χ0v) is 11.8. The van der Waals surface area contributed by atoms with Crippen LogP contribution in [0, 0.1) is 0 Å². The molecule has 0 radical (unpaired) electrons. The van der Waals surface area contributed by atoms with Gasteiger partial charge in [-0.05, 0) is 12.8 Å². The number of ether oxygens (including phenoxy) is 2. The van der Waals surface area contributed by atoms with E-state index in [0.717, 1.165) is 6.42 Å². The first-order valence-electron chi connectivity index (χ1n) is 6.46. The van der Waals surface area contributed by atoms with Gasteiger partial charge in [-0.2, -0.15) is 15.0 Å². The van der Waals surface area contributed by atoms with Gasteiger partial charge in [0.15, 0.2) is 0 Å². The summed E-state index contributed by atoms with van der Waals surface area (Å²) >= 11 is 0. The minimum absolute atomic E-state index is 0.203. The summed E-state index contributed by atoms with van der Waals surface area (Å²) in [6.07, 6.45) is 0.830. The molecule has 0 amide bonds. The van der Waals surface area contributed by atoms with Crippen molar-refractivity contribution in [3.05, 3.63) is 0 Å². The van der Waals surface area contributed by atoms with Crippen LogP contribution in [0.5, 0.6) is 6.01 Å². The second-order valence-corrected chi connectivity index (χ2v) is 4.08. The summed E-state index contributed by atoms with van der Waals surface area (Å²) < 4.78 is 10.2. The lowest BCUT2D eigenvalue weighted by Gasteiger charge is -2.11. The zero-order chi connectivity index (χ0) is 14.8. The largest absolute Gasteiger partial charge is 0.463 e. The number of hydrogen-bond acceptors (Lipinski definition) is 9. The van der Waals surface area contributed by atoms with Gasteiger partial charge in [0, 0.05) is 13.7 Å². The molecule has 0 aromatic carbocycles. The van der Waals surface area contributed by atoms with Crippen LogP contribution in [0.1, 0.15) is 19.8 Å². The number of hydrazine groups is 1. The highest BCUT2D eigenvalue weighted by Crippen LogP contribution is 2.10. The molecular formula is C11H22N6O3. The quantitative estimate of drug-likeness (QED) is 0.340. The average Bonchev–Trinajstić information content (AvgIpc) is 2.45. The predicted octanol–water partition coefficient (Wildman–Crippen LogP) is -0.245. The van der Waals surface area contributed by atoms with Gasteiger partial charge in [0.05, 0.1) is 19.3 Å². The Bertz CT molecular complexity index is 392. The molecule has 0 aliphatic carbocycles. The molecule has 0 fully saturated rings. The molecular weight excluding hydrogens is 264 g/mol. The van der Waals surface area contributed by atoms with E-state index in [2.05, 4.69) is 25.7 Å². The second kappa shape index (κ2) is 9.23. The van der Waals surface area contributed by atoms with Gasteiger partial charge < -0.3 is 19.9 Å². The van der Waals surface area contributed by atoms with Gasteiger partial charge in [-0.25, -0.2) is 5.84 Å². The molecule has 0 aliphatic rings. The average molecular weight is 286 g/mol. The molecule has 9 heteroatoms. The van der Waals surface area contributed by atoms with Crippen molar-refractivity contribution in [2.45, 2.75) is 25.9 Å².